The van der Waals surface area contributed by atoms with Gasteiger partial charge < -0.3 is 14.8 Å². The Kier molecular flexibility index (Phi) is 5.72. The number of amides is 1. The monoisotopic (exact) mass is 317 g/mol. The summed E-state index contributed by atoms with van der Waals surface area (Å²) >= 11 is 1.63. The predicted molar refractivity (Wildman–Crippen MR) is 90.1 cm³/mol. The summed E-state index contributed by atoms with van der Waals surface area (Å²) in [7, 11) is 1.58. The number of ether oxygens (including phenoxy) is 2. The van der Waals surface area contributed by atoms with Crippen molar-refractivity contribution in [1.29, 1.82) is 0 Å². The lowest BCUT2D eigenvalue weighted by Crippen LogP contribution is -2.20. The van der Waals surface area contributed by atoms with Crippen LogP contribution in [-0.2, 0) is 4.79 Å². The highest BCUT2D eigenvalue weighted by Gasteiger charge is 2.08. The molecule has 0 saturated heterocycles. The van der Waals surface area contributed by atoms with Crippen LogP contribution in [0.25, 0.3) is 0 Å². The van der Waals surface area contributed by atoms with Crippen molar-refractivity contribution in [2.45, 2.75) is 11.8 Å². The Labute approximate surface area is 134 Å². The molecule has 5 heteroatoms. The van der Waals surface area contributed by atoms with E-state index < -0.39 is 0 Å². The zero-order valence-electron chi connectivity index (χ0n) is 12.9. The first-order chi connectivity index (χ1) is 10.6. The van der Waals surface area contributed by atoms with E-state index in [9.17, 15) is 4.79 Å². The zero-order valence-corrected chi connectivity index (χ0v) is 13.7. The van der Waals surface area contributed by atoms with Gasteiger partial charge in [0, 0.05) is 10.6 Å². The van der Waals surface area contributed by atoms with Crippen LogP contribution in [0.4, 0.5) is 5.69 Å². The second-order valence-electron chi connectivity index (χ2n) is 4.72. The van der Waals surface area contributed by atoms with Gasteiger partial charge in [-0.2, -0.15) is 0 Å². The minimum Gasteiger partial charge on any atom is -0.493 e. The number of methoxy groups -OCH3 is 1. The van der Waals surface area contributed by atoms with Gasteiger partial charge >= 0.3 is 0 Å². The number of benzene rings is 2. The van der Waals surface area contributed by atoms with Gasteiger partial charge in [0.25, 0.3) is 5.91 Å². The third-order valence-corrected chi connectivity index (χ3v) is 3.76. The minimum atomic E-state index is -0.208. The van der Waals surface area contributed by atoms with E-state index in [0.717, 1.165) is 16.1 Å². The van der Waals surface area contributed by atoms with E-state index in [-0.39, 0.29) is 12.5 Å². The molecule has 0 saturated carbocycles. The van der Waals surface area contributed by atoms with Crippen LogP contribution in [0.2, 0.25) is 0 Å². The van der Waals surface area contributed by atoms with Gasteiger partial charge in [-0.25, -0.2) is 0 Å². The number of anilines is 1. The third kappa shape index (κ3) is 4.43. The van der Waals surface area contributed by atoms with E-state index in [1.165, 1.54) is 0 Å². The van der Waals surface area contributed by atoms with Gasteiger partial charge in [0.2, 0.25) is 0 Å². The van der Waals surface area contributed by atoms with E-state index in [1.807, 2.05) is 49.6 Å². The number of carbonyl (C=O) groups is 1. The predicted octanol–water partition coefficient (Wildman–Crippen LogP) is 3.74. The Morgan fingerprint density at radius 2 is 2.00 bits per heavy atom. The van der Waals surface area contributed by atoms with E-state index >= 15 is 0 Å². The van der Waals surface area contributed by atoms with Crippen LogP contribution in [0.1, 0.15) is 5.56 Å². The summed E-state index contributed by atoms with van der Waals surface area (Å²) in [5.41, 5.74) is 1.83. The molecule has 0 aliphatic heterocycles. The van der Waals surface area contributed by atoms with Crippen molar-refractivity contribution in [1.82, 2.24) is 0 Å². The summed E-state index contributed by atoms with van der Waals surface area (Å²) in [4.78, 5) is 13.1. The van der Waals surface area contributed by atoms with Crippen LogP contribution in [0.3, 0.4) is 0 Å². The highest BCUT2D eigenvalue weighted by molar-refractivity contribution is 7.98. The first kappa shape index (κ1) is 16.2. The molecule has 0 spiro atoms. The Morgan fingerprint density at radius 3 is 2.73 bits per heavy atom. The van der Waals surface area contributed by atoms with Crippen LogP contribution in [-0.4, -0.2) is 25.9 Å². The van der Waals surface area contributed by atoms with E-state index in [0.29, 0.717) is 11.5 Å². The third-order valence-electron chi connectivity index (χ3n) is 3.03. The number of hydrogen-bond acceptors (Lipinski definition) is 4. The Morgan fingerprint density at radius 1 is 1.18 bits per heavy atom. The molecule has 2 rings (SSSR count). The Bertz CT molecular complexity index is 658. The lowest BCUT2D eigenvalue weighted by molar-refractivity contribution is -0.118. The van der Waals surface area contributed by atoms with Crippen LogP contribution in [0.5, 0.6) is 11.5 Å². The first-order valence-corrected chi connectivity index (χ1v) is 8.06. The molecule has 0 aliphatic rings. The first-order valence-electron chi connectivity index (χ1n) is 6.83. The van der Waals surface area contributed by atoms with Crippen molar-refractivity contribution in [3.05, 3.63) is 48.0 Å². The van der Waals surface area contributed by atoms with Gasteiger partial charge in [0.05, 0.1) is 7.11 Å². The maximum absolute atomic E-state index is 12.0. The number of thioether (sulfide) groups is 1. The number of aryl methyl sites for hydroxylation is 1. The molecule has 1 amide bonds. The average Bonchev–Trinajstić information content (AvgIpc) is 2.53. The molecule has 1 N–H and O–H groups in total. The molecule has 0 fully saturated rings. The zero-order chi connectivity index (χ0) is 15.9. The topological polar surface area (TPSA) is 47.6 Å². The molecule has 0 unspecified atom stereocenters. The van der Waals surface area contributed by atoms with Gasteiger partial charge in [-0.1, -0.05) is 12.1 Å². The number of hydrogen-bond donors (Lipinski definition) is 1. The largest absolute Gasteiger partial charge is 0.493 e. The molecule has 2 aromatic rings. The normalized spacial score (nSPS) is 10.1. The fourth-order valence-corrected chi connectivity index (χ4v) is 2.39. The maximum atomic E-state index is 12.0. The van der Waals surface area contributed by atoms with E-state index in [1.54, 1.807) is 24.9 Å². The highest BCUT2D eigenvalue weighted by atomic mass is 32.2. The van der Waals surface area contributed by atoms with Gasteiger partial charge in [0.15, 0.2) is 18.1 Å². The summed E-state index contributed by atoms with van der Waals surface area (Å²) in [6.07, 6.45) is 1.99. The molecule has 4 nitrogen and oxygen atoms in total. The second-order valence-corrected chi connectivity index (χ2v) is 5.60. The quantitative estimate of drug-likeness (QED) is 0.825. The minimum absolute atomic E-state index is 0.0666. The fourth-order valence-electron chi connectivity index (χ4n) is 1.94. The molecule has 0 aromatic heterocycles. The maximum Gasteiger partial charge on any atom is 0.262 e. The fraction of sp³-hybridized carbons (Fsp3) is 0.235. The van der Waals surface area contributed by atoms with Gasteiger partial charge in [-0.15, -0.1) is 11.8 Å². The second kappa shape index (κ2) is 7.75. The summed E-state index contributed by atoms with van der Waals surface area (Å²) < 4.78 is 10.8. The van der Waals surface area contributed by atoms with Crippen molar-refractivity contribution in [2.24, 2.45) is 0 Å². The van der Waals surface area contributed by atoms with Crippen molar-refractivity contribution in [2.75, 3.05) is 25.3 Å². The molecule has 0 bridgehead atoms. The molecular weight excluding hydrogens is 298 g/mol. The van der Waals surface area contributed by atoms with E-state index in [2.05, 4.69) is 5.32 Å². The molecule has 22 heavy (non-hydrogen) atoms. The van der Waals surface area contributed by atoms with Crippen molar-refractivity contribution >= 4 is 23.4 Å². The van der Waals surface area contributed by atoms with Crippen LogP contribution in [0.15, 0.2) is 47.4 Å². The van der Waals surface area contributed by atoms with Gasteiger partial charge in [-0.05, 0) is 49.1 Å². The Hall–Kier alpha value is -2.14. The van der Waals surface area contributed by atoms with Crippen LogP contribution < -0.4 is 14.8 Å². The molecule has 0 heterocycles. The Balaban J connectivity index is 1.95. The summed E-state index contributed by atoms with van der Waals surface area (Å²) in [6.45, 7) is 1.90. The van der Waals surface area contributed by atoms with Crippen LogP contribution in [0, 0.1) is 6.92 Å². The number of rotatable bonds is 6. The lowest BCUT2D eigenvalue weighted by Gasteiger charge is -2.11. The molecule has 2 aromatic carbocycles. The van der Waals surface area contributed by atoms with Gasteiger partial charge in [0.1, 0.15) is 0 Å². The molecule has 116 valence electrons. The molecule has 0 radical (unpaired) electrons. The summed E-state index contributed by atoms with van der Waals surface area (Å²) in [5.74, 6) is 0.971. The lowest BCUT2D eigenvalue weighted by atomic mass is 10.2. The van der Waals surface area contributed by atoms with Crippen molar-refractivity contribution in [3.63, 3.8) is 0 Å². The van der Waals surface area contributed by atoms with Crippen LogP contribution >= 0.6 is 11.8 Å². The average molecular weight is 317 g/mol. The SMILES string of the molecule is COc1cc(C)ccc1OCC(=O)Nc1cccc(SC)c1. The van der Waals surface area contributed by atoms with Crippen molar-refractivity contribution in [3.8, 4) is 11.5 Å². The number of nitrogens with one attached hydrogen (secondary N) is 1. The van der Waals surface area contributed by atoms with Gasteiger partial charge in [-0.3, -0.25) is 4.79 Å². The number of carbonyl (C=O) groups excluding carboxylic acids is 1. The molecule has 0 atom stereocenters. The van der Waals surface area contributed by atoms with E-state index in [4.69, 9.17) is 9.47 Å². The summed E-state index contributed by atoms with van der Waals surface area (Å²) in [6, 6.07) is 13.3. The molecular formula is C17H19NO3S. The highest BCUT2D eigenvalue weighted by Crippen LogP contribution is 2.27. The molecule has 0 aliphatic carbocycles. The smallest absolute Gasteiger partial charge is 0.262 e. The summed E-state index contributed by atoms with van der Waals surface area (Å²) in [5, 5.41) is 2.82. The standard InChI is InChI=1S/C17H19NO3S/c1-12-7-8-15(16(9-12)20-2)21-11-17(19)18-13-5-4-6-14(10-13)22-3/h4-10H,11H2,1-3H3,(H,18,19). The van der Waals surface area contributed by atoms with Crippen molar-refractivity contribution < 1.29 is 14.3 Å².